The lowest BCUT2D eigenvalue weighted by molar-refractivity contribution is -0.269. The number of imide groups is 1. The number of benzene rings is 1. The van der Waals surface area contributed by atoms with Crippen LogP contribution in [0.5, 0.6) is 0 Å². The predicted molar refractivity (Wildman–Crippen MR) is 81.6 cm³/mol. The van der Waals surface area contributed by atoms with E-state index in [1.165, 1.54) is 12.1 Å². The molecule has 0 radical (unpaired) electrons. The largest absolute Gasteiger partial charge is 0.446 e. The second-order valence-electron chi connectivity index (χ2n) is 5.84. The van der Waals surface area contributed by atoms with Crippen LogP contribution in [-0.2, 0) is 9.53 Å². The third-order valence-corrected chi connectivity index (χ3v) is 3.73. The Morgan fingerprint density at radius 3 is 2.25 bits per heavy atom. The van der Waals surface area contributed by atoms with Crippen molar-refractivity contribution < 1.29 is 27.5 Å². The highest BCUT2D eigenvalue weighted by Gasteiger charge is 2.69. The number of hydrogen-bond donors (Lipinski definition) is 1. The molecule has 132 valence electrons. The van der Waals surface area contributed by atoms with Crippen LogP contribution in [0.15, 0.2) is 24.3 Å². The monoisotopic (exact) mass is 344 g/mol. The molecule has 8 heteroatoms. The van der Waals surface area contributed by atoms with Crippen molar-refractivity contribution in [3.05, 3.63) is 29.8 Å². The Hall–Kier alpha value is -2.09. The fourth-order valence-corrected chi connectivity index (χ4v) is 2.38. The topological polar surface area (TPSA) is 58.6 Å². The Balaban J connectivity index is 2.39. The van der Waals surface area contributed by atoms with E-state index in [2.05, 4.69) is 0 Å². The number of hydrogen-bond acceptors (Lipinski definition) is 3. The molecule has 1 heterocycles. The maximum atomic E-state index is 13.4. The molecule has 0 aromatic heterocycles. The molecule has 0 bridgehead atoms. The molecule has 1 N–H and O–H groups in total. The van der Waals surface area contributed by atoms with E-state index in [1.807, 2.05) is 13.8 Å². The normalized spacial score (nSPS) is 21.5. The van der Waals surface area contributed by atoms with Gasteiger partial charge in [0.25, 0.3) is 5.91 Å². The fourth-order valence-electron chi connectivity index (χ4n) is 2.38. The number of carbonyl (C=O) groups is 2. The number of halogens is 3. The van der Waals surface area contributed by atoms with Crippen molar-refractivity contribution in [3.63, 3.8) is 0 Å². The van der Waals surface area contributed by atoms with Gasteiger partial charge in [-0.25, -0.2) is 9.69 Å². The van der Waals surface area contributed by atoms with Crippen molar-refractivity contribution in [1.29, 1.82) is 0 Å². The number of nitrogens with one attached hydrogen (secondary N) is 1. The smallest absolute Gasteiger partial charge is 0.340 e. The van der Waals surface area contributed by atoms with E-state index >= 15 is 0 Å². The Kier molecular flexibility index (Phi) is 4.89. The van der Waals surface area contributed by atoms with E-state index in [0.29, 0.717) is 4.90 Å². The van der Waals surface area contributed by atoms with Gasteiger partial charge >= 0.3 is 17.9 Å². The fraction of sp³-hybridized carbons (Fsp3) is 0.500. The van der Waals surface area contributed by atoms with Crippen LogP contribution in [-0.4, -0.2) is 30.4 Å². The molecule has 5 nitrogen and oxygen atoms in total. The van der Waals surface area contributed by atoms with Gasteiger partial charge in [0.05, 0.1) is 12.3 Å². The molecule has 1 aliphatic heterocycles. The van der Waals surface area contributed by atoms with Gasteiger partial charge in [0.2, 0.25) is 0 Å². The van der Waals surface area contributed by atoms with E-state index in [-0.39, 0.29) is 24.6 Å². The van der Waals surface area contributed by atoms with Crippen molar-refractivity contribution in [2.45, 2.75) is 45.0 Å². The van der Waals surface area contributed by atoms with E-state index in [4.69, 9.17) is 4.74 Å². The van der Waals surface area contributed by atoms with E-state index in [0.717, 1.165) is 5.56 Å². The molecule has 1 atom stereocenters. The lowest BCUT2D eigenvalue weighted by Crippen LogP contribution is -2.60. The predicted octanol–water partition coefficient (Wildman–Crippen LogP) is 3.55. The molecule has 1 saturated heterocycles. The first-order chi connectivity index (χ1) is 11.1. The van der Waals surface area contributed by atoms with Gasteiger partial charge < -0.3 is 4.74 Å². The van der Waals surface area contributed by atoms with Crippen LogP contribution in [0.4, 0.5) is 23.7 Å². The number of rotatable bonds is 5. The number of ether oxygens (including phenoxy) is 1. The van der Waals surface area contributed by atoms with Gasteiger partial charge in [-0.05, 0) is 30.0 Å². The van der Waals surface area contributed by atoms with Gasteiger partial charge in [0, 0.05) is 0 Å². The summed E-state index contributed by atoms with van der Waals surface area (Å²) in [6.07, 6.45) is -4.80. The van der Waals surface area contributed by atoms with Gasteiger partial charge in [-0.3, -0.25) is 10.1 Å². The Labute approximate surface area is 137 Å². The van der Waals surface area contributed by atoms with E-state index < -0.39 is 23.8 Å². The summed E-state index contributed by atoms with van der Waals surface area (Å²) in [4.78, 5) is 24.9. The minimum Gasteiger partial charge on any atom is -0.340 e. The van der Waals surface area contributed by atoms with Crippen molar-refractivity contribution in [3.8, 4) is 0 Å². The highest BCUT2D eigenvalue weighted by atomic mass is 19.4. The van der Waals surface area contributed by atoms with Crippen molar-refractivity contribution in [2.24, 2.45) is 0 Å². The molecule has 0 spiro atoms. The lowest BCUT2D eigenvalue weighted by Gasteiger charge is -2.28. The second-order valence-corrected chi connectivity index (χ2v) is 5.84. The van der Waals surface area contributed by atoms with Crippen molar-refractivity contribution in [2.75, 3.05) is 11.5 Å². The number of urea groups is 1. The lowest BCUT2D eigenvalue weighted by atomic mass is 10.0. The van der Waals surface area contributed by atoms with Crippen molar-refractivity contribution >= 4 is 17.6 Å². The molecule has 1 aliphatic rings. The summed E-state index contributed by atoms with van der Waals surface area (Å²) in [5.41, 5.74) is -2.33. The molecular weight excluding hydrogens is 325 g/mol. The maximum absolute atomic E-state index is 13.4. The summed E-state index contributed by atoms with van der Waals surface area (Å²) in [5.74, 6) is -1.27. The number of alkyl halides is 3. The minimum absolute atomic E-state index is 0.0631. The summed E-state index contributed by atoms with van der Waals surface area (Å²) in [7, 11) is 0. The molecule has 3 amide bonds. The highest BCUT2D eigenvalue weighted by Crippen LogP contribution is 2.38. The van der Waals surface area contributed by atoms with Crippen molar-refractivity contribution in [1.82, 2.24) is 5.32 Å². The Morgan fingerprint density at radius 1 is 1.21 bits per heavy atom. The van der Waals surface area contributed by atoms with Crippen LogP contribution < -0.4 is 10.2 Å². The van der Waals surface area contributed by atoms with E-state index in [1.54, 1.807) is 24.4 Å². The number of carbonyl (C=O) groups excluding carboxylic acids is 2. The first kappa shape index (κ1) is 18.3. The summed E-state index contributed by atoms with van der Waals surface area (Å²) < 4.78 is 45.1. The molecule has 0 saturated carbocycles. The van der Waals surface area contributed by atoms with Gasteiger partial charge in [-0.1, -0.05) is 32.9 Å². The molecule has 24 heavy (non-hydrogen) atoms. The standard InChI is InChI=1S/C16H19F3N2O3/c1-4-9-24-15(16(17,18)19)13(22)21(14(23)20-15)12-7-5-11(6-8-12)10(2)3/h5-8,10H,4,9H2,1-3H3,(H,20,23). The first-order valence-corrected chi connectivity index (χ1v) is 7.61. The zero-order chi connectivity index (χ0) is 18.1. The van der Waals surface area contributed by atoms with E-state index in [9.17, 15) is 22.8 Å². The second kappa shape index (κ2) is 6.43. The number of anilines is 1. The quantitative estimate of drug-likeness (QED) is 0.831. The van der Waals surface area contributed by atoms with Crippen LogP contribution >= 0.6 is 0 Å². The van der Waals surface area contributed by atoms with Crippen LogP contribution in [0.25, 0.3) is 0 Å². The molecule has 1 aromatic carbocycles. The van der Waals surface area contributed by atoms with Crippen LogP contribution in [0, 0.1) is 0 Å². The van der Waals surface area contributed by atoms with Gasteiger partial charge in [0.1, 0.15) is 0 Å². The minimum atomic E-state index is -5.07. The molecule has 0 aliphatic carbocycles. The summed E-state index contributed by atoms with van der Waals surface area (Å²) >= 11 is 0. The van der Waals surface area contributed by atoms with Gasteiger partial charge in [-0.2, -0.15) is 13.2 Å². The molecule has 1 unspecified atom stereocenters. The van der Waals surface area contributed by atoms with Gasteiger partial charge in [-0.15, -0.1) is 0 Å². The average molecular weight is 344 g/mol. The van der Waals surface area contributed by atoms with Crippen LogP contribution in [0.2, 0.25) is 0 Å². The summed E-state index contributed by atoms with van der Waals surface area (Å²) in [6.45, 7) is 5.20. The maximum Gasteiger partial charge on any atom is 0.446 e. The Morgan fingerprint density at radius 2 is 1.79 bits per heavy atom. The zero-order valence-corrected chi connectivity index (χ0v) is 13.6. The molecular formula is C16H19F3N2O3. The molecule has 2 rings (SSSR count). The Bertz CT molecular complexity index is 628. The molecule has 1 fully saturated rings. The third kappa shape index (κ3) is 2.98. The zero-order valence-electron chi connectivity index (χ0n) is 13.6. The van der Waals surface area contributed by atoms with Crippen LogP contribution in [0.1, 0.15) is 38.7 Å². The number of amides is 3. The third-order valence-electron chi connectivity index (χ3n) is 3.73. The first-order valence-electron chi connectivity index (χ1n) is 7.61. The summed E-state index contributed by atoms with van der Waals surface area (Å²) in [5, 5.41) is 1.67. The SMILES string of the molecule is CCCOC1(C(F)(F)F)NC(=O)N(c2ccc(C(C)C)cc2)C1=O. The summed E-state index contributed by atoms with van der Waals surface area (Å²) in [6, 6.07) is 5.06. The highest BCUT2D eigenvalue weighted by molar-refractivity contribution is 6.23. The molecule has 1 aromatic rings. The number of nitrogens with zero attached hydrogens (tertiary/aromatic N) is 1. The van der Waals surface area contributed by atoms with Crippen LogP contribution in [0.3, 0.4) is 0 Å². The van der Waals surface area contributed by atoms with Gasteiger partial charge in [0.15, 0.2) is 0 Å². The average Bonchev–Trinajstić information content (AvgIpc) is 2.76.